The van der Waals surface area contributed by atoms with Crippen LogP contribution in [0.4, 0.5) is 0 Å². The number of aliphatic hydroxyl groups is 1. The van der Waals surface area contributed by atoms with E-state index in [4.69, 9.17) is 4.74 Å². The van der Waals surface area contributed by atoms with Crippen LogP contribution in [0.3, 0.4) is 0 Å². The maximum atomic E-state index is 11.4. The van der Waals surface area contributed by atoms with Crippen molar-refractivity contribution in [2.75, 3.05) is 7.05 Å². The molecular weight excluding hydrogens is 206 g/mol. The molecule has 0 aromatic rings. The molecule has 0 radical (unpaired) electrons. The van der Waals surface area contributed by atoms with E-state index < -0.39 is 11.7 Å². The summed E-state index contributed by atoms with van der Waals surface area (Å²) in [5.41, 5.74) is -0.684. The van der Waals surface area contributed by atoms with E-state index in [-0.39, 0.29) is 5.76 Å². The summed E-state index contributed by atoms with van der Waals surface area (Å²) in [4.78, 5) is 11.4. The van der Waals surface area contributed by atoms with Gasteiger partial charge in [0.2, 0.25) is 0 Å². The Hall–Kier alpha value is -1.03. The predicted molar refractivity (Wildman–Crippen MR) is 59.8 cm³/mol. The zero-order valence-electron chi connectivity index (χ0n) is 9.66. The van der Waals surface area contributed by atoms with Crippen LogP contribution in [0.2, 0.25) is 0 Å². The van der Waals surface area contributed by atoms with Gasteiger partial charge in [0.05, 0.1) is 12.5 Å². The molecule has 0 aromatic heterocycles. The quantitative estimate of drug-likeness (QED) is 0.704. The van der Waals surface area contributed by atoms with Gasteiger partial charge in [-0.05, 0) is 19.9 Å². The van der Waals surface area contributed by atoms with Gasteiger partial charge in [0.15, 0.2) is 5.72 Å². The number of hydrogen-bond donors (Lipinski definition) is 2. The smallest absolute Gasteiger partial charge is 0.335 e. The Morgan fingerprint density at radius 1 is 1.44 bits per heavy atom. The fourth-order valence-corrected chi connectivity index (χ4v) is 2.84. The number of aliphatic hydroxyl groups excluding tert-OH is 1. The van der Waals surface area contributed by atoms with Crippen LogP contribution in [0.1, 0.15) is 38.5 Å². The van der Waals surface area contributed by atoms with E-state index in [1.807, 2.05) is 0 Å². The van der Waals surface area contributed by atoms with E-state index in [1.165, 1.54) is 25.3 Å². The minimum absolute atomic E-state index is 0.121. The summed E-state index contributed by atoms with van der Waals surface area (Å²) in [7, 11) is 1.79. The van der Waals surface area contributed by atoms with Crippen molar-refractivity contribution >= 4 is 5.97 Å². The number of carbonyl (C=O) groups is 1. The molecule has 0 bridgehead atoms. The number of hydrogen-bond acceptors (Lipinski definition) is 4. The molecule has 4 nitrogen and oxygen atoms in total. The number of esters is 1. The fourth-order valence-electron chi connectivity index (χ4n) is 2.84. The summed E-state index contributed by atoms with van der Waals surface area (Å²) >= 11 is 0. The van der Waals surface area contributed by atoms with Crippen molar-refractivity contribution in [3.05, 3.63) is 11.8 Å². The Balaban J connectivity index is 2.18. The second kappa shape index (κ2) is 4.45. The van der Waals surface area contributed by atoms with Gasteiger partial charge in [0, 0.05) is 5.92 Å². The van der Waals surface area contributed by atoms with Crippen molar-refractivity contribution in [1.29, 1.82) is 0 Å². The monoisotopic (exact) mass is 225 g/mol. The molecule has 0 saturated heterocycles. The Labute approximate surface area is 95.7 Å². The van der Waals surface area contributed by atoms with Crippen LogP contribution < -0.4 is 5.32 Å². The largest absolute Gasteiger partial charge is 0.512 e. The van der Waals surface area contributed by atoms with Gasteiger partial charge in [-0.3, -0.25) is 5.32 Å². The van der Waals surface area contributed by atoms with Crippen molar-refractivity contribution in [2.45, 2.75) is 44.2 Å². The Bertz CT molecular complexity index is 307. The molecule has 1 heterocycles. The third kappa shape index (κ3) is 2.07. The highest BCUT2D eigenvalue weighted by atomic mass is 16.6. The van der Waals surface area contributed by atoms with Crippen molar-refractivity contribution in [1.82, 2.24) is 5.32 Å². The van der Waals surface area contributed by atoms with Crippen molar-refractivity contribution in [2.24, 2.45) is 5.92 Å². The number of ether oxygens (including phenoxy) is 1. The molecule has 2 aliphatic rings. The first-order valence-corrected chi connectivity index (χ1v) is 5.98. The second-order valence-corrected chi connectivity index (χ2v) is 4.71. The second-order valence-electron chi connectivity index (χ2n) is 4.71. The van der Waals surface area contributed by atoms with Gasteiger partial charge >= 0.3 is 5.97 Å². The summed E-state index contributed by atoms with van der Waals surface area (Å²) < 4.78 is 5.45. The van der Waals surface area contributed by atoms with Crippen LogP contribution in [0.25, 0.3) is 0 Å². The van der Waals surface area contributed by atoms with E-state index >= 15 is 0 Å². The van der Waals surface area contributed by atoms with E-state index in [1.54, 1.807) is 7.05 Å². The zero-order chi connectivity index (χ0) is 11.6. The van der Waals surface area contributed by atoms with Gasteiger partial charge in [-0.2, -0.15) is 0 Å². The third-order valence-electron chi connectivity index (χ3n) is 3.70. The number of nitrogens with one attached hydrogen (secondary N) is 1. The Morgan fingerprint density at radius 2 is 2.12 bits per heavy atom. The van der Waals surface area contributed by atoms with Crippen LogP contribution in [-0.2, 0) is 9.53 Å². The van der Waals surface area contributed by atoms with Gasteiger partial charge in [-0.15, -0.1) is 0 Å². The molecule has 1 atom stereocenters. The van der Waals surface area contributed by atoms with Gasteiger partial charge in [0.25, 0.3) is 0 Å². The van der Waals surface area contributed by atoms with Gasteiger partial charge in [-0.25, -0.2) is 4.79 Å². The molecule has 2 N–H and O–H groups in total. The van der Waals surface area contributed by atoms with Gasteiger partial charge in [-0.1, -0.05) is 19.3 Å². The van der Waals surface area contributed by atoms with Gasteiger partial charge in [0.1, 0.15) is 5.76 Å². The maximum Gasteiger partial charge on any atom is 0.335 e. The zero-order valence-corrected chi connectivity index (χ0v) is 9.66. The third-order valence-corrected chi connectivity index (χ3v) is 3.70. The molecule has 0 amide bonds. The molecule has 1 aliphatic carbocycles. The minimum atomic E-state index is -0.684. The van der Waals surface area contributed by atoms with Crippen LogP contribution >= 0.6 is 0 Å². The topological polar surface area (TPSA) is 58.6 Å². The number of rotatable bonds is 2. The van der Waals surface area contributed by atoms with E-state index in [0.29, 0.717) is 12.3 Å². The molecule has 0 aromatic carbocycles. The molecule has 0 spiro atoms. The predicted octanol–water partition coefficient (Wildman–Crippen LogP) is 1.87. The summed E-state index contributed by atoms with van der Waals surface area (Å²) in [6.07, 6.45) is 7.28. The molecule has 16 heavy (non-hydrogen) atoms. The summed E-state index contributed by atoms with van der Waals surface area (Å²) in [6, 6.07) is 0. The van der Waals surface area contributed by atoms with Gasteiger partial charge < -0.3 is 9.84 Å². The van der Waals surface area contributed by atoms with Crippen molar-refractivity contribution in [3.63, 3.8) is 0 Å². The molecule has 4 heteroatoms. The Kier molecular flexibility index (Phi) is 3.19. The lowest BCUT2D eigenvalue weighted by Gasteiger charge is -2.42. The lowest BCUT2D eigenvalue weighted by atomic mass is 9.79. The highest BCUT2D eigenvalue weighted by Crippen LogP contribution is 2.38. The standard InChI is InChI=1S/C12H19NO3/c1-13-12(9-5-3-2-4-6-9)8-10(14)7-11(15)16-12/h7,9,13-14H,2-6,8H2,1H3. The van der Waals surface area contributed by atoms with Crippen LogP contribution in [-0.4, -0.2) is 23.8 Å². The molecule has 1 saturated carbocycles. The fraction of sp³-hybridized carbons (Fsp3) is 0.750. The van der Waals surface area contributed by atoms with Crippen LogP contribution in [0, 0.1) is 5.92 Å². The summed E-state index contributed by atoms with van der Waals surface area (Å²) in [5.74, 6) is -0.00843. The first-order chi connectivity index (χ1) is 7.66. The first kappa shape index (κ1) is 11.5. The van der Waals surface area contributed by atoms with Crippen molar-refractivity contribution < 1.29 is 14.6 Å². The molecular formula is C12H19NO3. The Morgan fingerprint density at radius 3 is 2.69 bits per heavy atom. The van der Waals surface area contributed by atoms with E-state index in [0.717, 1.165) is 12.8 Å². The maximum absolute atomic E-state index is 11.4. The number of cyclic esters (lactones) is 1. The van der Waals surface area contributed by atoms with Crippen LogP contribution in [0.5, 0.6) is 0 Å². The van der Waals surface area contributed by atoms with E-state index in [9.17, 15) is 9.90 Å². The lowest BCUT2D eigenvalue weighted by Crippen LogP contribution is -2.55. The normalized spacial score (nSPS) is 32.1. The lowest BCUT2D eigenvalue weighted by molar-refractivity contribution is -0.171. The van der Waals surface area contributed by atoms with E-state index in [2.05, 4.69) is 5.32 Å². The SMILES string of the molecule is CNC1(C2CCCCC2)CC(O)=CC(=O)O1. The molecule has 90 valence electrons. The minimum Gasteiger partial charge on any atom is -0.512 e. The average Bonchev–Trinajstić information content (AvgIpc) is 2.29. The molecule has 1 fully saturated rings. The first-order valence-electron chi connectivity index (χ1n) is 5.98. The van der Waals surface area contributed by atoms with Crippen LogP contribution in [0.15, 0.2) is 11.8 Å². The average molecular weight is 225 g/mol. The summed E-state index contributed by atoms with van der Waals surface area (Å²) in [5, 5.41) is 12.7. The highest BCUT2D eigenvalue weighted by Gasteiger charge is 2.44. The summed E-state index contributed by atoms with van der Waals surface area (Å²) in [6.45, 7) is 0. The molecule has 1 aliphatic heterocycles. The molecule has 1 unspecified atom stereocenters. The molecule has 2 rings (SSSR count). The highest BCUT2D eigenvalue weighted by molar-refractivity contribution is 5.83. The van der Waals surface area contributed by atoms with Crippen molar-refractivity contribution in [3.8, 4) is 0 Å². The number of carbonyl (C=O) groups excluding carboxylic acids is 1.